The first-order chi connectivity index (χ1) is 29.7. The molecule has 2 unspecified atom stereocenters. The Morgan fingerprint density at radius 2 is 1.73 bits per heavy atom. The van der Waals surface area contributed by atoms with Crippen LogP contribution < -0.4 is 25.4 Å². The molecule has 1 aromatic carbocycles. The molecule has 0 aliphatic heterocycles. The Balaban J connectivity index is 1.32. The number of alkyl carbamates (subject to hydrolysis) is 1. The highest BCUT2D eigenvalue weighted by Gasteiger charge is 2.65. The second-order valence-electron chi connectivity index (χ2n) is 18.4. The number of pyridine rings is 1. The van der Waals surface area contributed by atoms with Crippen molar-refractivity contribution >= 4 is 58.7 Å². The second kappa shape index (κ2) is 19.6. The Kier molecular flexibility index (Phi) is 14.8. The van der Waals surface area contributed by atoms with Gasteiger partial charge in [0.05, 0.1) is 36.4 Å². The van der Waals surface area contributed by atoms with Gasteiger partial charge in [-0.15, -0.1) is 17.9 Å². The van der Waals surface area contributed by atoms with Gasteiger partial charge < -0.3 is 39.6 Å². The van der Waals surface area contributed by atoms with E-state index in [1.54, 1.807) is 39.2 Å². The monoisotopic (exact) mass is 911 g/mol. The number of carbonyl (C=O) groups excluding carboxylic acids is 4. The fraction of sp³-hybridized carbons (Fsp3) is 0.600. The molecule has 3 saturated carbocycles. The predicted molar refractivity (Wildman–Crippen MR) is 240 cm³/mol. The maximum Gasteiger partial charge on any atom is 0.510 e. The van der Waals surface area contributed by atoms with Crippen molar-refractivity contribution in [2.24, 2.45) is 23.2 Å². The van der Waals surface area contributed by atoms with Crippen molar-refractivity contribution in [3.05, 3.63) is 42.3 Å². The number of fused-ring (bicyclic) bond motifs is 1. The van der Waals surface area contributed by atoms with E-state index >= 15 is 0 Å². The molecule has 0 bridgehead atoms. The first-order valence-corrected chi connectivity index (χ1v) is 24.6. The van der Waals surface area contributed by atoms with E-state index in [1.807, 2.05) is 52.1 Å². The van der Waals surface area contributed by atoms with E-state index in [0.29, 0.717) is 33.8 Å². The summed E-state index contributed by atoms with van der Waals surface area (Å²) in [7, 11) is -2.19. The summed E-state index contributed by atoms with van der Waals surface area (Å²) in [5.74, 6) is -2.17. The van der Waals surface area contributed by atoms with Crippen molar-refractivity contribution in [2.75, 3.05) is 25.9 Å². The number of hydrogen-bond acceptors (Lipinski definition) is 15. The van der Waals surface area contributed by atoms with Crippen molar-refractivity contribution in [3.8, 4) is 22.9 Å². The van der Waals surface area contributed by atoms with Gasteiger partial charge in [0.25, 0.3) is 0 Å². The fourth-order valence-corrected chi connectivity index (χ4v) is 11.3. The molecular weight excluding hydrogens is 850 g/mol. The number of amides is 2. The van der Waals surface area contributed by atoms with Crippen molar-refractivity contribution in [1.29, 1.82) is 0 Å². The number of methoxy groups -OCH3 is 1. The van der Waals surface area contributed by atoms with Gasteiger partial charge >= 0.3 is 12.2 Å². The zero-order valence-corrected chi connectivity index (χ0v) is 39.4. The van der Waals surface area contributed by atoms with Crippen LogP contribution in [-0.2, 0) is 32.9 Å². The van der Waals surface area contributed by atoms with Crippen LogP contribution in [0.15, 0.2) is 42.3 Å². The highest BCUT2D eigenvalue weighted by atomic mass is 32.1. The van der Waals surface area contributed by atoms with E-state index in [9.17, 15) is 23.7 Å². The molecule has 3 aliphatic rings. The topological polar surface area (TPSA) is 203 Å². The Hall–Kier alpha value is -4.73. The third-order valence-electron chi connectivity index (χ3n) is 11.8. The number of carbonyl (C=O) groups is 4. The molecule has 63 heavy (non-hydrogen) atoms. The molecule has 16 nitrogen and oxygen atoms in total. The standard InChI is InChI=1S/C45H62N5O11PS/c1-11-27-22-45(27,62(10,55)58-24-57-43(54)59-26(4)5)50-40(52)33-19-30(18-32(33)38(51)39(44(6,7)8)49-42(53)61-28-14-12-13-15-28)60-37-21-35(36-23-63-41(48-36)46-25(2)3)47-34-20-29(56-9)16-17-31(34)37/h11,16-17,20-21,23,25-28,30,32-33,39H,1,12-15,18-19,22,24H2,2-10H3,(H,46,48)(H,49,53)(H,50,52)/t27-,30+,32?,33-,39-,45+,62?/m1/s1. The Morgan fingerprint density at radius 1 is 1.02 bits per heavy atom. The summed E-state index contributed by atoms with van der Waals surface area (Å²) in [6, 6.07) is 6.42. The number of Topliss-reactive ketones (excluding diaryl/α,β-unsaturated/α-hetero) is 1. The number of nitrogens with zero attached hydrogens (tertiary/aromatic N) is 2. The number of ketones is 1. The van der Waals surface area contributed by atoms with Gasteiger partial charge in [0.1, 0.15) is 34.7 Å². The molecule has 0 saturated heterocycles. The number of aromatic nitrogens is 2. The molecule has 0 radical (unpaired) electrons. The lowest BCUT2D eigenvalue weighted by molar-refractivity contribution is -0.135. The first-order valence-electron chi connectivity index (χ1n) is 21.6. The molecule has 0 spiro atoms. The lowest BCUT2D eigenvalue weighted by Gasteiger charge is -2.34. The minimum atomic E-state index is -3.76. The molecule has 3 aromatic rings. The summed E-state index contributed by atoms with van der Waals surface area (Å²) in [5.41, 5.74) is 1.02. The van der Waals surface area contributed by atoms with Crippen LogP contribution in [0, 0.1) is 23.2 Å². The van der Waals surface area contributed by atoms with Crippen molar-refractivity contribution < 1.29 is 52.0 Å². The number of thiazole rings is 1. The Labute approximate surface area is 373 Å². The predicted octanol–water partition coefficient (Wildman–Crippen LogP) is 9.08. The molecule has 2 amide bonds. The van der Waals surface area contributed by atoms with Crippen LogP contribution in [-0.4, -0.2) is 90.2 Å². The van der Waals surface area contributed by atoms with Gasteiger partial charge in [-0.1, -0.05) is 26.8 Å². The Morgan fingerprint density at radius 3 is 2.37 bits per heavy atom. The van der Waals surface area contributed by atoms with E-state index in [0.717, 1.165) is 30.8 Å². The molecule has 18 heteroatoms. The molecule has 3 N–H and O–H groups in total. The zero-order valence-electron chi connectivity index (χ0n) is 37.7. The second-order valence-corrected chi connectivity index (χ2v) is 22.0. The van der Waals surface area contributed by atoms with Crippen LogP contribution in [0.25, 0.3) is 22.3 Å². The number of ether oxygens (including phenoxy) is 5. The third-order valence-corrected chi connectivity index (χ3v) is 15.3. The number of anilines is 1. The third kappa shape index (κ3) is 11.3. The largest absolute Gasteiger partial charge is 0.510 e. The molecule has 3 aliphatic carbocycles. The number of benzene rings is 1. The van der Waals surface area contributed by atoms with Gasteiger partial charge in [-0.2, -0.15) is 0 Å². The van der Waals surface area contributed by atoms with E-state index in [-0.39, 0.29) is 37.2 Å². The van der Waals surface area contributed by atoms with Crippen molar-refractivity contribution in [3.63, 3.8) is 0 Å². The first kappa shape index (κ1) is 47.7. The summed E-state index contributed by atoms with van der Waals surface area (Å²) in [6.45, 7) is 17.5. The lowest BCUT2D eigenvalue weighted by Crippen LogP contribution is -2.53. The van der Waals surface area contributed by atoms with Gasteiger partial charge in [-0.25, -0.2) is 19.6 Å². The van der Waals surface area contributed by atoms with Crippen molar-refractivity contribution in [1.82, 2.24) is 20.6 Å². The van der Waals surface area contributed by atoms with Gasteiger partial charge in [-0.3, -0.25) is 18.7 Å². The van der Waals surface area contributed by atoms with Crippen molar-refractivity contribution in [2.45, 2.75) is 129 Å². The quantitative estimate of drug-likeness (QED) is 0.0472. The van der Waals surface area contributed by atoms with Crippen LogP contribution in [0.3, 0.4) is 0 Å². The maximum atomic E-state index is 15.0. The normalized spacial score (nSPS) is 23.7. The zero-order chi connectivity index (χ0) is 45.9. The molecule has 2 heterocycles. The van der Waals surface area contributed by atoms with E-state index in [4.69, 9.17) is 38.2 Å². The van der Waals surface area contributed by atoms with Gasteiger partial charge in [0, 0.05) is 47.4 Å². The number of rotatable bonds is 18. The minimum absolute atomic E-state index is 0.105. The average molecular weight is 912 g/mol. The van der Waals surface area contributed by atoms with E-state index in [2.05, 4.69) is 22.5 Å². The van der Waals surface area contributed by atoms with E-state index in [1.165, 1.54) is 18.0 Å². The summed E-state index contributed by atoms with van der Waals surface area (Å²) in [6.07, 6.45) is 2.52. The molecule has 3 fully saturated rings. The summed E-state index contributed by atoms with van der Waals surface area (Å²) < 4.78 is 48.1. The molecular formula is C45H62N5O11PS. The van der Waals surface area contributed by atoms with Crippen LogP contribution in [0.2, 0.25) is 0 Å². The smallest absolute Gasteiger partial charge is 0.497 e. The van der Waals surface area contributed by atoms with Crippen LogP contribution in [0.5, 0.6) is 11.5 Å². The summed E-state index contributed by atoms with van der Waals surface area (Å²) >= 11 is 1.46. The molecule has 2 aromatic heterocycles. The van der Waals surface area contributed by atoms with Gasteiger partial charge in [-0.05, 0) is 90.2 Å². The number of nitrogens with one attached hydrogen (secondary N) is 3. The highest BCUT2D eigenvalue weighted by molar-refractivity contribution is 7.60. The Bertz CT molecular complexity index is 2220. The maximum absolute atomic E-state index is 15.0. The number of hydrogen-bond donors (Lipinski definition) is 3. The van der Waals surface area contributed by atoms with Gasteiger partial charge in [0.2, 0.25) is 20.1 Å². The lowest BCUT2D eigenvalue weighted by atomic mass is 9.77. The summed E-state index contributed by atoms with van der Waals surface area (Å²) in [4.78, 5) is 64.8. The van der Waals surface area contributed by atoms with Gasteiger partial charge in [0.15, 0.2) is 10.9 Å². The van der Waals surface area contributed by atoms with E-state index < -0.39 is 79.0 Å². The minimum Gasteiger partial charge on any atom is -0.497 e. The molecule has 6 rings (SSSR count). The molecule has 344 valence electrons. The summed E-state index contributed by atoms with van der Waals surface area (Å²) in [5, 5.41) is 11.2. The molecule has 7 atom stereocenters. The van der Waals surface area contributed by atoms with Crippen LogP contribution in [0.4, 0.5) is 14.7 Å². The van der Waals surface area contributed by atoms with Crippen LogP contribution >= 0.6 is 18.7 Å². The fourth-order valence-electron chi connectivity index (χ4n) is 8.44. The SMILES string of the molecule is C=C[C@@H]1C[C@]1(NC(=O)[C@@H]1C[C@@H](Oc2cc(-c3csc(NC(C)C)n3)nc3cc(OC)ccc23)CC1C(=O)[C@@H](NC(=O)OC1CCCC1)C(C)(C)C)P(C)(=O)OCOC(=O)OC(C)C. The van der Waals surface area contributed by atoms with Crippen LogP contribution in [0.1, 0.15) is 93.4 Å². The average Bonchev–Trinajstić information content (AvgIpc) is 3.60. The highest BCUT2D eigenvalue weighted by Crippen LogP contribution is 2.70.